The van der Waals surface area contributed by atoms with E-state index in [9.17, 15) is 28.8 Å². The first-order valence-corrected chi connectivity index (χ1v) is 20.8. The van der Waals surface area contributed by atoms with Crippen molar-refractivity contribution in [1.82, 2.24) is 19.9 Å². The van der Waals surface area contributed by atoms with Crippen molar-refractivity contribution in [1.29, 1.82) is 0 Å². The van der Waals surface area contributed by atoms with Crippen molar-refractivity contribution in [2.45, 2.75) is 59.8 Å². The van der Waals surface area contributed by atoms with Gasteiger partial charge in [-0.2, -0.15) is 0 Å². The summed E-state index contributed by atoms with van der Waals surface area (Å²) in [6.07, 6.45) is 15.5. The van der Waals surface area contributed by atoms with E-state index in [1.807, 2.05) is 0 Å². The fourth-order valence-corrected chi connectivity index (χ4v) is 9.15. The van der Waals surface area contributed by atoms with E-state index < -0.39 is 24.0 Å². The third-order valence-electron chi connectivity index (χ3n) is 8.50. The number of nitrogens with one attached hydrogen (secondary N) is 4. The van der Waals surface area contributed by atoms with Gasteiger partial charge in [-0.1, -0.05) is 48.4 Å². The van der Waals surface area contributed by atoms with E-state index >= 15 is 0 Å². The number of anilines is 4. The quantitative estimate of drug-likeness (QED) is 0.0588. The number of hydrogen-bond acceptors (Lipinski definition) is 14. The molecule has 0 aromatic carbocycles. The lowest BCUT2D eigenvalue weighted by Crippen LogP contribution is -2.23. The molecule has 0 unspecified atom stereocenters. The number of carbonyl (C=O) groups excluding carboxylic acids is 4. The average molecular weight is 813 g/mol. The molecule has 2 saturated carbocycles. The van der Waals surface area contributed by atoms with Crippen LogP contribution in [-0.4, -0.2) is 78.2 Å². The molecule has 4 amide bonds. The number of Topliss-reactive ketones (excluding diaryl/α,β-unsaturated/α-hetero) is 2. The molecule has 4 aromatic heterocycles. The largest absolute Gasteiger partial charge is 0.476 e. The topological polar surface area (TPSA) is 243 Å². The SMILES string of the molecule is CSc1sc(NC(=O)Nc2cnccc2C(=O)C2CCCC2)nc1C(=O)O.CSc1sc(NC(=O)Nc2ncccc2C(=O)C2CCCC2)nc1C(=O)O. The van der Waals surface area contributed by atoms with Gasteiger partial charge in [-0.05, 0) is 56.4 Å². The molecular weight excluding hydrogens is 777 g/mol. The fraction of sp³-hybridized carbons (Fsp3) is 0.353. The number of carboxylic acid groups (broad SMARTS) is 2. The van der Waals surface area contributed by atoms with Crippen LogP contribution in [0.15, 0.2) is 45.2 Å². The third kappa shape index (κ3) is 10.2. The van der Waals surface area contributed by atoms with E-state index in [2.05, 4.69) is 41.2 Å². The highest BCUT2D eigenvalue weighted by Crippen LogP contribution is 2.34. The summed E-state index contributed by atoms with van der Waals surface area (Å²) in [5.41, 5.74) is 0.947. The molecule has 0 aliphatic heterocycles. The summed E-state index contributed by atoms with van der Waals surface area (Å²) in [6.45, 7) is 0. The Balaban J connectivity index is 0.000000208. The van der Waals surface area contributed by atoms with Gasteiger partial charge in [0.2, 0.25) is 0 Å². The Bertz CT molecular complexity index is 1900. The summed E-state index contributed by atoms with van der Waals surface area (Å²) in [6, 6.07) is 3.68. The first kappa shape index (κ1) is 40.3. The van der Waals surface area contributed by atoms with Gasteiger partial charge >= 0.3 is 24.0 Å². The number of hydrogen-bond donors (Lipinski definition) is 6. The number of thioether (sulfide) groups is 2. The van der Waals surface area contributed by atoms with Crippen LogP contribution in [0.2, 0.25) is 0 Å². The smallest absolute Gasteiger partial charge is 0.356 e. The molecule has 4 heterocycles. The molecule has 2 aliphatic rings. The number of nitrogens with zero attached hydrogens (tertiary/aromatic N) is 4. The fourth-order valence-electron chi connectivity index (χ4n) is 5.98. The number of rotatable bonds is 12. The van der Waals surface area contributed by atoms with Gasteiger partial charge in [-0.25, -0.2) is 34.1 Å². The van der Waals surface area contributed by atoms with Crippen molar-refractivity contribution in [3.8, 4) is 0 Å². The number of aromatic carboxylic acids is 2. The number of amides is 4. The number of urea groups is 2. The zero-order valence-corrected chi connectivity index (χ0v) is 32.3. The van der Waals surface area contributed by atoms with E-state index in [0.29, 0.717) is 25.2 Å². The number of thiazole rings is 2. The van der Waals surface area contributed by atoms with Crippen LogP contribution in [0.3, 0.4) is 0 Å². The second kappa shape index (κ2) is 18.9. The molecular formula is C34H36N8O8S4. The van der Waals surface area contributed by atoms with Crippen molar-refractivity contribution >= 4 is 104 Å². The minimum atomic E-state index is -1.15. The van der Waals surface area contributed by atoms with Crippen molar-refractivity contribution in [2.75, 3.05) is 33.8 Å². The van der Waals surface area contributed by atoms with Gasteiger partial charge in [-0.15, -0.1) is 23.5 Å². The highest BCUT2D eigenvalue weighted by atomic mass is 32.2. The molecule has 2 aliphatic carbocycles. The van der Waals surface area contributed by atoms with Crippen LogP contribution in [0.5, 0.6) is 0 Å². The molecule has 4 aromatic rings. The lowest BCUT2D eigenvalue weighted by atomic mass is 9.96. The molecule has 6 N–H and O–H groups in total. The lowest BCUT2D eigenvalue weighted by Gasteiger charge is -2.13. The predicted molar refractivity (Wildman–Crippen MR) is 208 cm³/mol. The molecule has 6 rings (SSSR count). The molecule has 0 saturated heterocycles. The molecule has 0 spiro atoms. The minimum Gasteiger partial charge on any atom is -0.476 e. The van der Waals surface area contributed by atoms with E-state index in [0.717, 1.165) is 74.0 Å². The number of carbonyl (C=O) groups is 6. The van der Waals surface area contributed by atoms with E-state index in [1.54, 1.807) is 30.7 Å². The predicted octanol–water partition coefficient (Wildman–Crippen LogP) is 7.95. The number of carboxylic acids is 2. The van der Waals surface area contributed by atoms with Gasteiger partial charge in [0.15, 0.2) is 33.2 Å². The van der Waals surface area contributed by atoms with Crippen LogP contribution in [-0.2, 0) is 0 Å². The maximum atomic E-state index is 12.7. The standard InChI is InChI=1S/2C17H18N4O4S2/c1-26-15-11(14(23)24)19-17(27-15)21-16(25)20-13-10(7-4-8-18-13)12(22)9-5-2-3-6-9;1-26-15-12(14(23)24)20-17(27-15)21-16(25)19-11-8-18-7-6-10(11)13(22)9-4-2-3-5-9/h4,7-9H,2-3,5-6H2,1H3,(H,23,24)(H2,18,19,20,21,25);6-9H,2-5H2,1H3,(H,23,24)(H2,19,20,21,25). The highest BCUT2D eigenvalue weighted by Gasteiger charge is 2.28. The summed E-state index contributed by atoms with van der Waals surface area (Å²) in [7, 11) is 0. The summed E-state index contributed by atoms with van der Waals surface area (Å²) < 4.78 is 0.990. The highest BCUT2D eigenvalue weighted by molar-refractivity contribution is 8.00. The Hall–Kier alpha value is -4.92. The third-order valence-corrected chi connectivity index (χ3v) is 12.7. The molecule has 20 heteroatoms. The first-order chi connectivity index (χ1) is 26.0. The maximum Gasteiger partial charge on any atom is 0.356 e. The summed E-state index contributed by atoms with van der Waals surface area (Å²) in [5, 5.41) is 28.8. The second-order valence-electron chi connectivity index (χ2n) is 12.0. The van der Waals surface area contributed by atoms with Gasteiger partial charge in [0.05, 0.1) is 25.9 Å². The molecule has 0 atom stereocenters. The second-order valence-corrected chi connectivity index (χ2v) is 16.1. The summed E-state index contributed by atoms with van der Waals surface area (Å²) in [4.78, 5) is 88.3. The summed E-state index contributed by atoms with van der Waals surface area (Å²) in [5.74, 6) is -2.16. The molecule has 2 fully saturated rings. The van der Waals surface area contributed by atoms with Crippen LogP contribution in [0.25, 0.3) is 0 Å². The molecule has 0 bridgehead atoms. The Labute approximate surface area is 325 Å². The number of aromatic nitrogens is 4. The molecule has 0 radical (unpaired) electrons. The zero-order valence-electron chi connectivity index (χ0n) is 29.0. The van der Waals surface area contributed by atoms with Crippen LogP contribution < -0.4 is 21.3 Å². The van der Waals surface area contributed by atoms with Crippen LogP contribution in [0.4, 0.5) is 31.4 Å². The zero-order chi connectivity index (χ0) is 38.8. The van der Waals surface area contributed by atoms with Crippen molar-refractivity contribution in [2.24, 2.45) is 11.8 Å². The summed E-state index contributed by atoms with van der Waals surface area (Å²) >= 11 is 4.63. The Morgan fingerprint density at radius 2 is 1.19 bits per heavy atom. The van der Waals surface area contributed by atoms with Crippen LogP contribution in [0, 0.1) is 11.8 Å². The number of ketones is 2. The molecule has 54 heavy (non-hydrogen) atoms. The monoisotopic (exact) mass is 812 g/mol. The molecule has 16 nitrogen and oxygen atoms in total. The Morgan fingerprint density at radius 3 is 1.67 bits per heavy atom. The van der Waals surface area contributed by atoms with Gasteiger partial charge in [-0.3, -0.25) is 30.5 Å². The Kier molecular flexibility index (Phi) is 14.1. The van der Waals surface area contributed by atoms with Crippen molar-refractivity contribution in [3.63, 3.8) is 0 Å². The molecule has 284 valence electrons. The van der Waals surface area contributed by atoms with Crippen molar-refractivity contribution < 1.29 is 39.0 Å². The van der Waals surface area contributed by atoms with E-state index in [-0.39, 0.29) is 50.9 Å². The van der Waals surface area contributed by atoms with Gasteiger partial charge in [0.25, 0.3) is 0 Å². The van der Waals surface area contributed by atoms with Crippen LogP contribution >= 0.6 is 46.2 Å². The number of pyridine rings is 2. The Morgan fingerprint density at radius 1 is 0.685 bits per heavy atom. The van der Waals surface area contributed by atoms with Crippen LogP contribution in [0.1, 0.15) is 93.1 Å². The van der Waals surface area contributed by atoms with Gasteiger partial charge < -0.3 is 15.5 Å². The van der Waals surface area contributed by atoms with E-state index in [1.165, 1.54) is 42.1 Å². The van der Waals surface area contributed by atoms with Crippen molar-refractivity contribution in [3.05, 3.63) is 59.3 Å². The minimum absolute atomic E-state index is 0.0111. The maximum absolute atomic E-state index is 12.7. The van der Waals surface area contributed by atoms with E-state index in [4.69, 9.17) is 10.2 Å². The lowest BCUT2D eigenvalue weighted by molar-refractivity contribution is 0.0677. The van der Waals surface area contributed by atoms with Gasteiger partial charge in [0.1, 0.15) is 5.82 Å². The average Bonchev–Trinajstić information content (AvgIpc) is 3.99. The first-order valence-electron chi connectivity index (χ1n) is 16.7. The normalized spacial score (nSPS) is 14.1. The van der Waals surface area contributed by atoms with Gasteiger partial charge in [0, 0.05) is 29.8 Å².